The van der Waals surface area contributed by atoms with Crippen molar-refractivity contribution in [3.8, 4) is 0 Å². The highest BCUT2D eigenvalue weighted by molar-refractivity contribution is 7.07. The standard InChI is InChI=1S/C12H11F2N3O2S/c13-10-4-11(14)12(17(18)19)3-8(10)5-15-2-1-9-6-20-7-16-9/h3-4,6-7,15H,1-2,5H2. The summed E-state index contributed by atoms with van der Waals surface area (Å²) in [6.07, 6.45) is 0.675. The van der Waals surface area contributed by atoms with Gasteiger partial charge in [0.25, 0.3) is 0 Å². The molecule has 0 amide bonds. The van der Waals surface area contributed by atoms with Gasteiger partial charge in [-0.15, -0.1) is 11.3 Å². The second-order valence-corrected chi connectivity index (χ2v) is 4.78. The van der Waals surface area contributed by atoms with Crippen molar-refractivity contribution in [2.45, 2.75) is 13.0 Å². The van der Waals surface area contributed by atoms with Gasteiger partial charge in [-0.25, -0.2) is 9.37 Å². The Kier molecular flexibility index (Phi) is 4.70. The summed E-state index contributed by atoms with van der Waals surface area (Å²) >= 11 is 1.49. The van der Waals surface area contributed by atoms with Crippen molar-refractivity contribution in [1.82, 2.24) is 10.3 Å². The van der Waals surface area contributed by atoms with Gasteiger partial charge in [0.05, 0.1) is 16.1 Å². The Bertz CT molecular complexity index is 605. The third kappa shape index (κ3) is 3.55. The van der Waals surface area contributed by atoms with Crippen LogP contribution in [0.2, 0.25) is 0 Å². The third-order valence-corrected chi connectivity index (χ3v) is 3.30. The van der Waals surface area contributed by atoms with Crippen LogP contribution in [-0.4, -0.2) is 16.5 Å². The van der Waals surface area contributed by atoms with Gasteiger partial charge in [-0.3, -0.25) is 10.1 Å². The Balaban J connectivity index is 1.95. The fourth-order valence-corrected chi connectivity index (χ4v) is 2.25. The molecule has 0 aliphatic rings. The van der Waals surface area contributed by atoms with Gasteiger partial charge >= 0.3 is 5.69 Å². The van der Waals surface area contributed by atoms with E-state index in [0.29, 0.717) is 19.0 Å². The lowest BCUT2D eigenvalue weighted by Crippen LogP contribution is -2.18. The summed E-state index contributed by atoms with van der Waals surface area (Å²) < 4.78 is 26.6. The van der Waals surface area contributed by atoms with Crippen LogP contribution in [0.15, 0.2) is 23.0 Å². The van der Waals surface area contributed by atoms with Gasteiger partial charge in [-0.1, -0.05) is 0 Å². The van der Waals surface area contributed by atoms with Crippen molar-refractivity contribution in [1.29, 1.82) is 0 Å². The van der Waals surface area contributed by atoms with Crippen LogP contribution in [0.5, 0.6) is 0 Å². The van der Waals surface area contributed by atoms with Crippen LogP contribution in [0, 0.1) is 21.7 Å². The molecule has 8 heteroatoms. The highest BCUT2D eigenvalue weighted by Gasteiger charge is 2.18. The molecular formula is C12H11F2N3O2S. The molecule has 1 aromatic carbocycles. The summed E-state index contributed by atoms with van der Waals surface area (Å²) in [5.74, 6) is -1.96. The molecule has 5 nitrogen and oxygen atoms in total. The smallest absolute Gasteiger partial charge is 0.305 e. The number of thiazole rings is 1. The van der Waals surface area contributed by atoms with E-state index in [2.05, 4.69) is 10.3 Å². The Labute approximate surface area is 117 Å². The monoisotopic (exact) mass is 299 g/mol. The van der Waals surface area contributed by atoms with Crippen LogP contribution in [0.1, 0.15) is 11.3 Å². The van der Waals surface area contributed by atoms with Crippen LogP contribution in [0.3, 0.4) is 0 Å². The highest BCUT2D eigenvalue weighted by atomic mass is 32.1. The molecule has 1 heterocycles. The quantitative estimate of drug-likeness (QED) is 0.506. The molecule has 0 atom stereocenters. The van der Waals surface area contributed by atoms with Crippen LogP contribution in [0.4, 0.5) is 14.5 Å². The predicted octanol–water partition coefficient (Wildman–Crippen LogP) is 2.66. The topological polar surface area (TPSA) is 68.1 Å². The first kappa shape index (κ1) is 14.5. The molecule has 0 bridgehead atoms. The van der Waals surface area contributed by atoms with Gasteiger partial charge in [0.1, 0.15) is 5.82 Å². The maximum Gasteiger partial charge on any atom is 0.305 e. The SMILES string of the molecule is O=[N+]([O-])c1cc(CNCCc2cscn2)c(F)cc1F. The number of nitrogens with zero attached hydrogens (tertiary/aromatic N) is 2. The summed E-state index contributed by atoms with van der Waals surface area (Å²) in [5, 5.41) is 15.4. The minimum Gasteiger partial charge on any atom is -0.312 e. The Hall–Kier alpha value is -1.93. The fourth-order valence-electron chi connectivity index (χ4n) is 1.66. The molecule has 0 aliphatic carbocycles. The molecule has 0 spiro atoms. The first-order valence-corrected chi connectivity index (χ1v) is 6.72. The number of nitrogens with one attached hydrogen (secondary N) is 1. The van der Waals surface area contributed by atoms with Crippen molar-refractivity contribution < 1.29 is 13.7 Å². The first-order valence-electron chi connectivity index (χ1n) is 5.78. The molecule has 0 saturated carbocycles. The van der Waals surface area contributed by atoms with Crippen molar-refractivity contribution in [3.05, 3.63) is 56.0 Å². The van der Waals surface area contributed by atoms with E-state index in [0.717, 1.165) is 11.8 Å². The van der Waals surface area contributed by atoms with Crippen molar-refractivity contribution >= 4 is 17.0 Å². The number of hydrogen-bond donors (Lipinski definition) is 1. The molecular weight excluding hydrogens is 288 g/mol. The van der Waals surface area contributed by atoms with Gasteiger partial charge in [-0.05, 0) is 0 Å². The lowest BCUT2D eigenvalue weighted by molar-refractivity contribution is -0.387. The second kappa shape index (κ2) is 6.49. The van der Waals surface area contributed by atoms with E-state index in [9.17, 15) is 18.9 Å². The van der Waals surface area contributed by atoms with Crippen LogP contribution in [-0.2, 0) is 13.0 Å². The molecule has 0 saturated heterocycles. The molecule has 2 rings (SSSR count). The zero-order chi connectivity index (χ0) is 14.5. The molecule has 0 fully saturated rings. The fraction of sp³-hybridized carbons (Fsp3) is 0.250. The zero-order valence-corrected chi connectivity index (χ0v) is 11.1. The van der Waals surface area contributed by atoms with Crippen LogP contribution < -0.4 is 5.32 Å². The van der Waals surface area contributed by atoms with Crippen molar-refractivity contribution in [2.24, 2.45) is 0 Å². The molecule has 1 N–H and O–H groups in total. The first-order chi connectivity index (χ1) is 9.58. The number of benzene rings is 1. The minimum atomic E-state index is -1.17. The maximum absolute atomic E-state index is 13.5. The largest absolute Gasteiger partial charge is 0.312 e. The summed E-state index contributed by atoms with van der Waals surface area (Å²) in [4.78, 5) is 13.8. The highest BCUT2D eigenvalue weighted by Crippen LogP contribution is 2.21. The van der Waals surface area contributed by atoms with Gasteiger partial charge in [0.2, 0.25) is 5.82 Å². The average molecular weight is 299 g/mol. The molecule has 1 aromatic heterocycles. The van der Waals surface area contributed by atoms with Gasteiger partial charge in [-0.2, -0.15) is 4.39 Å². The average Bonchev–Trinajstić information content (AvgIpc) is 2.89. The summed E-state index contributed by atoms with van der Waals surface area (Å²) in [5.41, 5.74) is 1.99. The normalized spacial score (nSPS) is 10.7. The summed E-state index contributed by atoms with van der Waals surface area (Å²) in [6.45, 7) is 0.644. The Morgan fingerprint density at radius 1 is 1.35 bits per heavy atom. The van der Waals surface area contributed by atoms with E-state index >= 15 is 0 Å². The van der Waals surface area contributed by atoms with E-state index in [1.165, 1.54) is 11.3 Å². The van der Waals surface area contributed by atoms with Gasteiger partial charge in [0, 0.05) is 42.6 Å². The number of nitro groups is 1. The second-order valence-electron chi connectivity index (χ2n) is 4.06. The van der Waals surface area contributed by atoms with Crippen molar-refractivity contribution in [2.75, 3.05) is 6.54 Å². The van der Waals surface area contributed by atoms with Gasteiger partial charge in [0.15, 0.2) is 0 Å². The summed E-state index contributed by atoms with van der Waals surface area (Å²) in [7, 11) is 0. The maximum atomic E-state index is 13.5. The van der Waals surface area contributed by atoms with Gasteiger partial charge < -0.3 is 5.32 Å². The van der Waals surface area contributed by atoms with E-state index in [1.54, 1.807) is 5.51 Å². The lowest BCUT2D eigenvalue weighted by atomic mass is 10.1. The van der Waals surface area contributed by atoms with E-state index in [4.69, 9.17) is 0 Å². The molecule has 20 heavy (non-hydrogen) atoms. The molecule has 0 unspecified atom stereocenters. The predicted molar refractivity (Wildman–Crippen MR) is 70.5 cm³/mol. The Morgan fingerprint density at radius 2 is 2.15 bits per heavy atom. The number of nitro benzene ring substituents is 1. The summed E-state index contributed by atoms with van der Waals surface area (Å²) in [6, 6.07) is 1.45. The number of aromatic nitrogens is 1. The molecule has 106 valence electrons. The van der Waals surface area contributed by atoms with Crippen molar-refractivity contribution in [3.63, 3.8) is 0 Å². The van der Waals surface area contributed by atoms with E-state index < -0.39 is 22.2 Å². The molecule has 0 radical (unpaired) electrons. The molecule has 2 aromatic rings. The minimum absolute atomic E-state index is 0.0661. The van der Waals surface area contributed by atoms with Crippen LogP contribution >= 0.6 is 11.3 Å². The number of rotatable bonds is 6. The van der Waals surface area contributed by atoms with E-state index in [1.807, 2.05) is 5.38 Å². The number of halogens is 2. The Morgan fingerprint density at radius 3 is 2.80 bits per heavy atom. The lowest BCUT2D eigenvalue weighted by Gasteiger charge is -2.06. The third-order valence-electron chi connectivity index (χ3n) is 2.67. The zero-order valence-electron chi connectivity index (χ0n) is 10.3. The van der Waals surface area contributed by atoms with E-state index in [-0.39, 0.29) is 12.1 Å². The number of hydrogen-bond acceptors (Lipinski definition) is 5. The van der Waals surface area contributed by atoms with Crippen LogP contribution in [0.25, 0.3) is 0 Å². The molecule has 0 aliphatic heterocycles.